The lowest BCUT2D eigenvalue weighted by Gasteiger charge is -2.22. The molecule has 4 heterocycles. The number of hydrogen-bond donors (Lipinski definition) is 1. The lowest BCUT2D eigenvalue weighted by molar-refractivity contribution is -0.134. The predicted molar refractivity (Wildman–Crippen MR) is 100 cm³/mol. The van der Waals surface area contributed by atoms with Gasteiger partial charge in [0.15, 0.2) is 5.13 Å². The third-order valence-electron chi connectivity index (χ3n) is 4.64. The van der Waals surface area contributed by atoms with Gasteiger partial charge in [-0.2, -0.15) is 0 Å². The maximum atomic E-state index is 12.5. The van der Waals surface area contributed by atoms with Crippen molar-refractivity contribution >= 4 is 33.9 Å². The smallest absolute Gasteiger partial charge is 0.248 e. The summed E-state index contributed by atoms with van der Waals surface area (Å²) >= 11 is 1.37. The molecule has 0 radical (unpaired) electrons. The van der Waals surface area contributed by atoms with Crippen LogP contribution in [0.25, 0.3) is 17.0 Å². The highest BCUT2D eigenvalue weighted by Gasteiger charge is 2.29. The first-order chi connectivity index (χ1) is 12.5. The van der Waals surface area contributed by atoms with Gasteiger partial charge in [-0.25, -0.2) is 9.97 Å². The van der Waals surface area contributed by atoms with Crippen LogP contribution in [-0.2, 0) is 9.59 Å². The zero-order chi connectivity index (χ0) is 18.3. The van der Waals surface area contributed by atoms with Crippen molar-refractivity contribution in [2.45, 2.75) is 32.7 Å². The van der Waals surface area contributed by atoms with Gasteiger partial charge in [0.1, 0.15) is 17.4 Å². The number of carbonyl (C=O) groups is 2. The number of anilines is 1. The Kier molecular flexibility index (Phi) is 4.20. The van der Waals surface area contributed by atoms with Crippen LogP contribution in [0.5, 0.6) is 0 Å². The molecule has 1 aliphatic heterocycles. The van der Waals surface area contributed by atoms with Crippen molar-refractivity contribution in [3.63, 3.8) is 0 Å². The normalized spacial score (nSPS) is 15.6. The lowest BCUT2D eigenvalue weighted by atomic mass is 10.3. The first-order valence-corrected chi connectivity index (χ1v) is 9.42. The average Bonchev–Trinajstić information content (AvgIpc) is 3.32. The predicted octanol–water partition coefficient (Wildman–Crippen LogP) is 2.72. The second-order valence-electron chi connectivity index (χ2n) is 6.37. The molecule has 8 heteroatoms. The van der Waals surface area contributed by atoms with Crippen molar-refractivity contribution in [1.82, 2.24) is 19.3 Å². The van der Waals surface area contributed by atoms with Crippen LogP contribution in [0, 0.1) is 6.92 Å². The lowest BCUT2D eigenvalue weighted by Crippen LogP contribution is -2.42. The summed E-state index contributed by atoms with van der Waals surface area (Å²) < 4.78 is 1.99. The molecular formula is C18H19N5O2S. The highest BCUT2D eigenvalue weighted by molar-refractivity contribution is 7.14. The number of nitrogens with zero attached hydrogens (tertiary/aromatic N) is 4. The molecule has 1 saturated heterocycles. The summed E-state index contributed by atoms with van der Waals surface area (Å²) in [6.07, 6.45) is 3.28. The van der Waals surface area contributed by atoms with E-state index in [0.29, 0.717) is 18.1 Å². The molecule has 0 aromatic carbocycles. The minimum absolute atomic E-state index is 0.0360. The molecule has 1 fully saturated rings. The van der Waals surface area contributed by atoms with Gasteiger partial charge in [-0.3, -0.25) is 14.0 Å². The van der Waals surface area contributed by atoms with E-state index in [9.17, 15) is 9.59 Å². The van der Waals surface area contributed by atoms with Crippen LogP contribution < -0.4 is 5.32 Å². The Bertz CT molecular complexity index is 993. The number of likely N-dealkylation sites (tertiary alicyclic amines) is 1. The highest BCUT2D eigenvalue weighted by atomic mass is 32.1. The van der Waals surface area contributed by atoms with E-state index in [1.165, 1.54) is 11.3 Å². The van der Waals surface area contributed by atoms with Crippen molar-refractivity contribution in [2.24, 2.45) is 0 Å². The van der Waals surface area contributed by atoms with Crippen molar-refractivity contribution in [1.29, 1.82) is 0 Å². The van der Waals surface area contributed by atoms with Crippen LogP contribution in [0.4, 0.5) is 5.13 Å². The molecule has 134 valence electrons. The Morgan fingerprint density at radius 3 is 2.96 bits per heavy atom. The molecule has 0 bridgehead atoms. The molecular weight excluding hydrogens is 350 g/mol. The largest absolute Gasteiger partial charge is 0.331 e. The highest BCUT2D eigenvalue weighted by Crippen LogP contribution is 2.28. The van der Waals surface area contributed by atoms with E-state index in [0.717, 1.165) is 29.1 Å². The summed E-state index contributed by atoms with van der Waals surface area (Å²) in [6, 6.07) is 5.34. The fraction of sp³-hybridized carbons (Fsp3) is 0.333. The van der Waals surface area contributed by atoms with E-state index < -0.39 is 6.04 Å². The van der Waals surface area contributed by atoms with Crippen LogP contribution >= 0.6 is 11.3 Å². The Labute approximate surface area is 154 Å². The molecule has 0 saturated carbocycles. The van der Waals surface area contributed by atoms with Gasteiger partial charge in [0.05, 0.1) is 11.4 Å². The Hall–Kier alpha value is -2.74. The molecule has 0 aliphatic carbocycles. The summed E-state index contributed by atoms with van der Waals surface area (Å²) in [5.74, 6) is -0.176. The van der Waals surface area contributed by atoms with Crippen LogP contribution in [0.2, 0.25) is 0 Å². The maximum absolute atomic E-state index is 12.5. The monoisotopic (exact) mass is 369 g/mol. The van der Waals surface area contributed by atoms with Gasteiger partial charge in [-0.05, 0) is 32.4 Å². The second kappa shape index (κ2) is 6.53. The SMILES string of the molecule is Cc1nc2ccccn2c1-c1csc(NC(=O)C(C)N2CCCC2=O)n1. The van der Waals surface area contributed by atoms with E-state index in [1.807, 2.05) is 41.1 Å². The molecule has 26 heavy (non-hydrogen) atoms. The first kappa shape index (κ1) is 16.7. The second-order valence-corrected chi connectivity index (χ2v) is 7.23. The zero-order valence-electron chi connectivity index (χ0n) is 14.6. The molecule has 4 rings (SSSR count). The quantitative estimate of drug-likeness (QED) is 0.767. The van der Waals surface area contributed by atoms with Crippen LogP contribution in [0.3, 0.4) is 0 Å². The number of carbonyl (C=O) groups excluding carboxylic acids is 2. The van der Waals surface area contributed by atoms with Gasteiger partial charge < -0.3 is 10.2 Å². The third kappa shape index (κ3) is 2.86. The van der Waals surface area contributed by atoms with Crippen molar-refractivity contribution in [3.8, 4) is 11.4 Å². The summed E-state index contributed by atoms with van der Waals surface area (Å²) in [7, 11) is 0. The molecule has 3 aromatic rings. The summed E-state index contributed by atoms with van der Waals surface area (Å²) in [6.45, 7) is 4.33. The number of thiazole rings is 1. The van der Waals surface area contributed by atoms with Gasteiger partial charge in [0.2, 0.25) is 11.8 Å². The number of nitrogens with one attached hydrogen (secondary N) is 1. The molecule has 1 aliphatic rings. The molecule has 1 unspecified atom stereocenters. The minimum atomic E-state index is -0.491. The first-order valence-electron chi connectivity index (χ1n) is 8.54. The Morgan fingerprint density at radius 1 is 1.35 bits per heavy atom. The number of aromatic nitrogens is 3. The summed E-state index contributed by atoms with van der Waals surface area (Å²) in [5.41, 5.74) is 3.43. The molecule has 3 aromatic heterocycles. The zero-order valence-corrected chi connectivity index (χ0v) is 15.4. The van der Waals surface area contributed by atoms with E-state index in [2.05, 4.69) is 15.3 Å². The van der Waals surface area contributed by atoms with Crippen LogP contribution in [0.15, 0.2) is 29.8 Å². The standard InChI is InChI=1S/C18H19N5O2S/c1-11-16(23-8-4-3-6-14(23)19-11)13-10-26-18(20-13)21-17(25)12(2)22-9-5-7-15(22)24/h3-4,6,8,10,12H,5,7,9H2,1-2H3,(H,20,21,25). The van der Waals surface area contributed by atoms with Crippen molar-refractivity contribution in [3.05, 3.63) is 35.5 Å². The van der Waals surface area contributed by atoms with Crippen LogP contribution in [-0.4, -0.2) is 43.7 Å². The Balaban J connectivity index is 1.55. The number of rotatable bonds is 4. The summed E-state index contributed by atoms with van der Waals surface area (Å²) in [5, 5.41) is 5.26. The number of aryl methyl sites for hydroxylation is 1. The van der Waals surface area contributed by atoms with E-state index in [1.54, 1.807) is 11.8 Å². The fourth-order valence-corrected chi connectivity index (χ4v) is 3.99. The van der Waals surface area contributed by atoms with E-state index in [-0.39, 0.29) is 11.8 Å². The molecule has 0 spiro atoms. The van der Waals surface area contributed by atoms with Crippen LogP contribution in [0.1, 0.15) is 25.5 Å². The number of imidazole rings is 1. The topological polar surface area (TPSA) is 79.6 Å². The molecule has 1 N–H and O–H groups in total. The van der Waals surface area contributed by atoms with Gasteiger partial charge in [0, 0.05) is 24.5 Å². The number of amides is 2. The molecule has 1 atom stereocenters. The van der Waals surface area contributed by atoms with Gasteiger partial charge in [0.25, 0.3) is 0 Å². The van der Waals surface area contributed by atoms with E-state index >= 15 is 0 Å². The Morgan fingerprint density at radius 2 is 2.19 bits per heavy atom. The third-order valence-corrected chi connectivity index (χ3v) is 5.40. The summed E-state index contributed by atoms with van der Waals surface area (Å²) in [4.78, 5) is 35.0. The molecule has 2 amide bonds. The minimum Gasteiger partial charge on any atom is -0.331 e. The fourth-order valence-electron chi connectivity index (χ4n) is 3.29. The van der Waals surface area contributed by atoms with Gasteiger partial charge in [-0.15, -0.1) is 11.3 Å². The molecule has 7 nitrogen and oxygen atoms in total. The van der Waals surface area contributed by atoms with E-state index in [4.69, 9.17) is 0 Å². The number of pyridine rings is 1. The average molecular weight is 369 g/mol. The number of fused-ring (bicyclic) bond motifs is 1. The van der Waals surface area contributed by atoms with Gasteiger partial charge >= 0.3 is 0 Å². The van der Waals surface area contributed by atoms with Gasteiger partial charge in [-0.1, -0.05) is 6.07 Å². The van der Waals surface area contributed by atoms with Crippen molar-refractivity contribution < 1.29 is 9.59 Å². The van der Waals surface area contributed by atoms with Crippen molar-refractivity contribution in [2.75, 3.05) is 11.9 Å². The maximum Gasteiger partial charge on any atom is 0.248 e. The number of hydrogen-bond acceptors (Lipinski definition) is 5.